The number of rotatable bonds is 15. The van der Waals surface area contributed by atoms with Crippen LogP contribution < -0.4 is 21.7 Å². The van der Waals surface area contributed by atoms with Gasteiger partial charge < -0.3 is 37.0 Å². The minimum atomic E-state index is -1.66. The van der Waals surface area contributed by atoms with Gasteiger partial charge in [-0.15, -0.1) is 0 Å². The van der Waals surface area contributed by atoms with E-state index in [1.54, 1.807) is 0 Å². The van der Waals surface area contributed by atoms with Crippen LogP contribution >= 0.6 is 0 Å². The van der Waals surface area contributed by atoms with Gasteiger partial charge in [0.25, 0.3) is 0 Å². The Morgan fingerprint density at radius 2 is 1.27 bits per heavy atom. The zero-order chi connectivity index (χ0) is 25.9. The van der Waals surface area contributed by atoms with Crippen LogP contribution in [0.1, 0.15) is 53.4 Å². The number of aliphatic carboxylic acids is 3. The maximum Gasteiger partial charge on any atom is 0.326 e. The smallest absolute Gasteiger partial charge is 0.326 e. The van der Waals surface area contributed by atoms with Crippen molar-refractivity contribution in [2.75, 3.05) is 0 Å². The first kappa shape index (κ1) is 29.8. The molecule has 13 nitrogen and oxygen atoms in total. The van der Waals surface area contributed by atoms with Crippen molar-refractivity contribution in [3.63, 3.8) is 0 Å². The number of hydrogen-bond acceptors (Lipinski definition) is 7. The molecule has 0 aromatic heterocycles. The van der Waals surface area contributed by atoms with E-state index in [1.807, 2.05) is 13.8 Å². The number of carbonyl (C=O) groups excluding carboxylic acids is 3. The predicted molar refractivity (Wildman–Crippen MR) is 115 cm³/mol. The summed E-state index contributed by atoms with van der Waals surface area (Å²) >= 11 is 0. The lowest BCUT2D eigenvalue weighted by Gasteiger charge is -2.25. The average Bonchev–Trinajstić information content (AvgIpc) is 2.66. The van der Waals surface area contributed by atoms with Gasteiger partial charge in [0, 0.05) is 6.42 Å². The lowest BCUT2D eigenvalue weighted by molar-refractivity contribution is -0.144. The van der Waals surface area contributed by atoms with E-state index in [1.165, 1.54) is 13.8 Å². The van der Waals surface area contributed by atoms with Gasteiger partial charge in [-0.05, 0) is 24.7 Å². The molecule has 0 saturated heterocycles. The molecule has 0 saturated carbocycles. The lowest BCUT2D eigenvalue weighted by atomic mass is 10.0. The van der Waals surface area contributed by atoms with E-state index in [9.17, 15) is 33.9 Å². The van der Waals surface area contributed by atoms with Crippen molar-refractivity contribution in [2.45, 2.75) is 77.5 Å². The molecule has 3 amide bonds. The summed E-state index contributed by atoms with van der Waals surface area (Å²) in [5, 5.41) is 33.9. The van der Waals surface area contributed by atoms with Gasteiger partial charge >= 0.3 is 17.9 Å². The third-order valence-electron chi connectivity index (χ3n) is 4.58. The van der Waals surface area contributed by atoms with Crippen molar-refractivity contribution in [1.29, 1.82) is 0 Å². The Morgan fingerprint density at radius 1 is 0.758 bits per heavy atom. The van der Waals surface area contributed by atoms with Crippen LogP contribution in [0.25, 0.3) is 0 Å². The first-order valence-electron chi connectivity index (χ1n) is 10.5. The molecule has 0 aromatic carbocycles. The molecule has 4 atom stereocenters. The fourth-order valence-electron chi connectivity index (χ4n) is 2.85. The molecule has 0 aliphatic heterocycles. The fraction of sp³-hybridized carbons (Fsp3) is 0.700. The number of hydrogen-bond donors (Lipinski definition) is 7. The second-order valence-electron chi connectivity index (χ2n) is 8.46. The minimum Gasteiger partial charge on any atom is -0.481 e. The highest BCUT2D eigenvalue weighted by Crippen LogP contribution is 2.07. The number of nitrogens with one attached hydrogen (secondary N) is 3. The maximum absolute atomic E-state index is 12.7. The Labute approximate surface area is 191 Å². The van der Waals surface area contributed by atoms with Gasteiger partial charge in [0.1, 0.15) is 18.1 Å². The summed E-state index contributed by atoms with van der Waals surface area (Å²) in [6, 6.07) is -5.37. The van der Waals surface area contributed by atoms with E-state index in [4.69, 9.17) is 15.9 Å². The Morgan fingerprint density at radius 3 is 1.70 bits per heavy atom. The summed E-state index contributed by atoms with van der Waals surface area (Å²) in [6.07, 6.45) is -1.40. The monoisotopic (exact) mass is 474 g/mol. The van der Waals surface area contributed by atoms with Crippen LogP contribution in [0, 0.1) is 11.8 Å². The Balaban J connectivity index is 5.58. The zero-order valence-electron chi connectivity index (χ0n) is 19.2. The molecule has 8 N–H and O–H groups in total. The molecule has 0 rings (SSSR count). The molecule has 4 unspecified atom stereocenters. The molecule has 13 heteroatoms. The Kier molecular flexibility index (Phi) is 12.7. The predicted octanol–water partition coefficient (Wildman–Crippen LogP) is -1.11. The van der Waals surface area contributed by atoms with Crippen molar-refractivity contribution in [3.8, 4) is 0 Å². The first-order valence-corrected chi connectivity index (χ1v) is 10.5. The zero-order valence-corrected chi connectivity index (χ0v) is 19.2. The molecule has 0 spiro atoms. The molecule has 188 valence electrons. The van der Waals surface area contributed by atoms with Crippen molar-refractivity contribution in [2.24, 2.45) is 17.6 Å². The number of nitrogens with two attached hydrogens (primary N) is 1. The van der Waals surface area contributed by atoms with Gasteiger partial charge in [0.2, 0.25) is 17.7 Å². The minimum absolute atomic E-state index is 0.0730. The SMILES string of the molecule is CC(C)CC(N)C(=O)NC(CCC(=O)O)C(=O)NC(CC(=O)O)C(=O)NC(C(=O)O)C(C)C. The van der Waals surface area contributed by atoms with E-state index in [0.29, 0.717) is 6.42 Å². The number of carboxylic acids is 3. The van der Waals surface area contributed by atoms with Gasteiger partial charge in [-0.3, -0.25) is 24.0 Å². The quantitative estimate of drug-likeness (QED) is 0.151. The van der Waals surface area contributed by atoms with Crippen molar-refractivity contribution < 1.29 is 44.1 Å². The topological polar surface area (TPSA) is 225 Å². The van der Waals surface area contributed by atoms with Crippen LogP contribution in [0.2, 0.25) is 0 Å². The maximum atomic E-state index is 12.7. The van der Waals surface area contributed by atoms with Gasteiger partial charge in [-0.2, -0.15) is 0 Å². The number of carbonyl (C=O) groups is 6. The molecule has 0 bridgehead atoms. The molecule has 0 heterocycles. The van der Waals surface area contributed by atoms with Gasteiger partial charge in [-0.25, -0.2) is 4.79 Å². The van der Waals surface area contributed by atoms with Gasteiger partial charge in [0.15, 0.2) is 0 Å². The molecular weight excluding hydrogens is 440 g/mol. The third-order valence-corrected chi connectivity index (χ3v) is 4.58. The van der Waals surface area contributed by atoms with Crippen molar-refractivity contribution in [1.82, 2.24) is 16.0 Å². The molecule has 0 radical (unpaired) electrons. The Hall–Kier alpha value is -3.22. The highest BCUT2D eigenvalue weighted by atomic mass is 16.4. The average molecular weight is 475 g/mol. The van der Waals surface area contributed by atoms with Crippen molar-refractivity contribution >= 4 is 35.6 Å². The van der Waals surface area contributed by atoms with Crippen molar-refractivity contribution in [3.05, 3.63) is 0 Å². The van der Waals surface area contributed by atoms with Crippen LogP contribution in [0.4, 0.5) is 0 Å². The van der Waals surface area contributed by atoms with Crippen LogP contribution in [0.15, 0.2) is 0 Å². The van der Waals surface area contributed by atoms with Crippen LogP contribution in [-0.4, -0.2) is 75.1 Å². The third kappa shape index (κ3) is 11.8. The molecule has 0 aromatic rings. The van der Waals surface area contributed by atoms with Crippen LogP contribution in [0.3, 0.4) is 0 Å². The van der Waals surface area contributed by atoms with E-state index in [2.05, 4.69) is 16.0 Å². The summed E-state index contributed by atoms with van der Waals surface area (Å²) in [5.41, 5.74) is 5.79. The molecule has 0 aliphatic rings. The number of amides is 3. The molecular formula is C20H34N4O9. The van der Waals surface area contributed by atoms with Crippen LogP contribution in [0.5, 0.6) is 0 Å². The summed E-state index contributed by atoms with van der Waals surface area (Å²) in [7, 11) is 0. The highest BCUT2D eigenvalue weighted by Gasteiger charge is 2.32. The molecule has 0 fully saturated rings. The normalized spacial score (nSPS) is 14.6. The standard InChI is InChI=1S/C20H34N4O9/c1-9(2)7-11(21)17(29)22-12(5-6-14(25)26)18(30)23-13(8-15(27)28)19(31)24-16(10(3)4)20(32)33/h9-13,16H,5-8,21H2,1-4H3,(H,22,29)(H,23,30)(H,24,31)(H,25,26)(H,27,28)(H,32,33). The second-order valence-corrected chi connectivity index (χ2v) is 8.46. The lowest BCUT2D eigenvalue weighted by Crippen LogP contribution is -2.58. The summed E-state index contributed by atoms with van der Waals surface area (Å²) in [5.74, 6) is -7.25. The van der Waals surface area contributed by atoms with Crippen LogP contribution in [-0.2, 0) is 28.8 Å². The second kappa shape index (κ2) is 14.0. The van der Waals surface area contributed by atoms with Gasteiger partial charge in [-0.1, -0.05) is 27.7 Å². The molecule has 0 aliphatic carbocycles. The van der Waals surface area contributed by atoms with E-state index < -0.39 is 78.6 Å². The van der Waals surface area contributed by atoms with Gasteiger partial charge in [0.05, 0.1) is 12.5 Å². The summed E-state index contributed by atoms with van der Waals surface area (Å²) in [4.78, 5) is 71.1. The Bertz CT molecular complexity index is 739. The summed E-state index contributed by atoms with van der Waals surface area (Å²) in [6.45, 7) is 6.72. The summed E-state index contributed by atoms with van der Waals surface area (Å²) < 4.78 is 0. The highest BCUT2D eigenvalue weighted by molar-refractivity contribution is 5.95. The van der Waals surface area contributed by atoms with E-state index in [-0.39, 0.29) is 12.3 Å². The fourth-order valence-corrected chi connectivity index (χ4v) is 2.85. The first-order chi connectivity index (χ1) is 15.1. The largest absolute Gasteiger partial charge is 0.481 e. The molecule has 33 heavy (non-hydrogen) atoms. The van der Waals surface area contributed by atoms with E-state index >= 15 is 0 Å². The number of carboxylic acid groups (broad SMARTS) is 3. The van der Waals surface area contributed by atoms with E-state index in [0.717, 1.165) is 0 Å².